The summed E-state index contributed by atoms with van der Waals surface area (Å²) in [5.74, 6) is 1.66. The van der Waals surface area contributed by atoms with Crippen LogP contribution in [-0.4, -0.2) is 35.6 Å². The van der Waals surface area contributed by atoms with Crippen LogP contribution in [0.15, 0.2) is 36.8 Å². The molecular formula is C14H19N5. The van der Waals surface area contributed by atoms with Gasteiger partial charge in [-0.2, -0.15) is 4.98 Å². The first-order valence-corrected chi connectivity index (χ1v) is 6.35. The van der Waals surface area contributed by atoms with Gasteiger partial charge in [-0.15, -0.1) is 0 Å². The highest BCUT2D eigenvalue weighted by atomic mass is 15.3. The van der Waals surface area contributed by atoms with Crippen molar-refractivity contribution in [2.75, 3.05) is 30.4 Å². The molecule has 0 bridgehead atoms. The van der Waals surface area contributed by atoms with Gasteiger partial charge in [-0.05, 0) is 24.6 Å². The molecule has 2 aromatic rings. The van der Waals surface area contributed by atoms with Gasteiger partial charge in [-0.3, -0.25) is 4.98 Å². The minimum absolute atomic E-state index is 0.724. The lowest BCUT2D eigenvalue weighted by atomic mass is 10.3. The molecule has 0 unspecified atom stereocenters. The van der Waals surface area contributed by atoms with Crippen LogP contribution in [0.25, 0.3) is 0 Å². The van der Waals surface area contributed by atoms with Gasteiger partial charge in [0.2, 0.25) is 5.95 Å². The molecule has 0 amide bonds. The number of hydrogen-bond donors (Lipinski definition) is 0. The second-order valence-corrected chi connectivity index (χ2v) is 4.45. The predicted octanol–water partition coefficient (Wildman–Crippen LogP) is 1.96. The van der Waals surface area contributed by atoms with E-state index in [0.29, 0.717) is 0 Å². The molecule has 100 valence electrons. The third-order valence-electron chi connectivity index (χ3n) is 2.98. The topological polar surface area (TPSA) is 45.2 Å². The summed E-state index contributed by atoms with van der Waals surface area (Å²) in [4.78, 5) is 17.1. The first-order valence-electron chi connectivity index (χ1n) is 6.35. The van der Waals surface area contributed by atoms with Crippen LogP contribution in [0, 0.1) is 0 Å². The molecule has 0 radical (unpaired) electrons. The van der Waals surface area contributed by atoms with Crippen LogP contribution in [0.1, 0.15) is 12.5 Å². The van der Waals surface area contributed by atoms with Gasteiger partial charge >= 0.3 is 0 Å². The second kappa shape index (κ2) is 6.13. The third kappa shape index (κ3) is 3.40. The molecule has 5 nitrogen and oxygen atoms in total. The Morgan fingerprint density at radius 3 is 2.63 bits per heavy atom. The van der Waals surface area contributed by atoms with Crippen molar-refractivity contribution in [3.05, 3.63) is 42.4 Å². The van der Waals surface area contributed by atoms with Crippen molar-refractivity contribution in [1.82, 2.24) is 15.0 Å². The van der Waals surface area contributed by atoms with E-state index in [-0.39, 0.29) is 0 Å². The molecule has 0 N–H and O–H groups in total. The fraction of sp³-hybridized carbons (Fsp3) is 0.357. The van der Waals surface area contributed by atoms with Crippen molar-refractivity contribution in [2.24, 2.45) is 0 Å². The zero-order valence-electron chi connectivity index (χ0n) is 11.6. The Bertz CT molecular complexity index is 514. The maximum absolute atomic E-state index is 4.56. The smallest absolute Gasteiger partial charge is 0.227 e. The van der Waals surface area contributed by atoms with Crippen LogP contribution in [0.3, 0.4) is 0 Å². The van der Waals surface area contributed by atoms with Crippen molar-refractivity contribution in [1.29, 1.82) is 0 Å². The average Bonchev–Trinajstić information content (AvgIpc) is 2.47. The molecule has 0 saturated heterocycles. The van der Waals surface area contributed by atoms with Gasteiger partial charge in [0.15, 0.2) is 0 Å². The van der Waals surface area contributed by atoms with Crippen molar-refractivity contribution >= 4 is 11.8 Å². The lowest BCUT2D eigenvalue weighted by molar-refractivity contribution is 0.848. The molecule has 0 aliphatic heterocycles. The van der Waals surface area contributed by atoms with E-state index >= 15 is 0 Å². The van der Waals surface area contributed by atoms with E-state index in [2.05, 4.69) is 26.8 Å². The summed E-state index contributed by atoms with van der Waals surface area (Å²) in [5.41, 5.74) is 1.14. The zero-order chi connectivity index (χ0) is 13.7. The molecule has 0 spiro atoms. The van der Waals surface area contributed by atoms with Gasteiger partial charge in [0.1, 0.15) is 5.82 Å². The van der Waals surface area contributed by atoms with Gasteiger partial charge in [-0.25, -0.2) is 4.98 Å². The number of hydrogen-bond acceptors (Lipinski definition) is 5. The summed E-state index contributed by atoms with van der Waals surface area (Å²) in [7, 11) is 4.01. The molecule has 2 rings (SSSR count). The van der Waals surface area contributed by atoms with Crippen LogP contribution in [-0.2, 0) is 6.54 Å². The van der Waals surface area contributed by atoms with Crippen molar-refractivity contribution in [2.45, 2.75) is 13.5 Å². The maximum Gasteiger partial charge on any atom is 0.227 e. The molecule has 2 heterocycles. The maximum atomic E-state index is 4.56. The largest absolute Gasteiger partial charge is 0.360 e. The Hall–Kier alpha value is -2.17. The Morgan fingerprint density at radius 1 is 1.11 bits per heavy atom. The summed E-state index contributed by atoms with van der Waals surface area (Å²) >= 11 is 0. The zero-order valence-corrected chi connectivity index (χ0v) is 11.6. The van der Waals surface area contributed by atoms with Gasteiger partial charge in [0.25, 0.3) is 0 Å². The normalized spacial score (nSPS) is 10.3. The predicted molar refractivity (Wildman–Crippen MR) is 77.3 cm³/mol. The van der Waals surface area contributed by atoms with Crippen molar-refractivity contribution in [3.63, 3.8) is 0 Å². The number of rotatable bonds is 5. The lowest BCUT2D eigenvalue weighted by Crippen LogP contribution is -2.22. The number of nitrogens with zero attached hydrogens (tertiary/aromatic N) is 5. The quantitative estimate of drug-likeness (QED) is 0.819. The number of anilines is 2. The summed E-state index contributed by atoms with van der Waals surface area (Å²) < 4.78 is 0. The van der Waals surface area contributed by atoms with E-state index < -0.39 is 0 Å². The second-order valence-electron chi connectivity index (χ2n) is 4.45. The molecule has 0 aliphatic carbocycles. The first-order chi connectivity index (χ1) is 9.20. The van der Waals surface area contributed by atoms with Crippen molar-refractivity contribution < 1.29 is 0 Å². The highest BCUT2D eigenvalue weighted by Gasteiger charge is 2.07. The number of pyridine rings is 1. The lowest BCUT2D eigenvalue weighted by Gasteiger charge is -2.20. The minimum Gasteiger partial charge on any atom is -0.360 e. The van der Waals surface area contributed by atoms with E-state index in [1.165, 1.54) is 0 Å². The molecule has 19 heavy (non-hydrogen) atoms. The minimum atomic E-state index is 0.724. The molecular weight excluding hydrogens is 238 g/mol. The molecule has 2 aromatic heterocycles. The van der Waals surface area contributed by atoms with Crippen LogP contribution >= 0.6 is 0 Å². The van der Waals surface area contributed by atoms with E-state index in [4.69, 9.17) is 0 Å². The van der Waals surface area contributed by atoms with Gasteiger partial charge in [-0.1, -0.05) is 6.07 Å². The fourth-order valence-electron chi connectivity index (χ4n) is 1.73. The van der Waals surface area contributed by atoms with E-state index in [1.807, 2.05) is 43.4 Å². The number of aromatic nitrogens is 3. The highest BCUT2D eigenvalue weighted by Crippen LogP contribution is 2.14. The molecule has 5 heteroatoms. The van der Waals surface area contributed by atoms with Crippen LogP contribution < -0.4 is 9.80 Å². The molecule has 0 fully saturated rings. The van der Waals surface area contributed by atoms with Crippen LogP contribution in [0.5, 0.6) is 0 Å². The molecule has 0 saturated carbocycles. The van der Waals surface area contributed by atoms with Gasteiger partial charge < -0.3 is 9.80 Å². The SMILES string of the molecule is CCN(C)c1ccnc(N(C)Cc2cccnc2)n1. The Balaban J connectivity index is 2.13. The van der Waals surface area contributed by atoms with Gasteiger partial charge in [0, 0.05) is 45.8 Å². The monoisotopic (exact) mass is 257 g/mol. The van der Waals surface area contributed by atoms with E-state index in [9.17, 15) is 0 Å². The molecule has 0 aliphatic rings. The van der Waals surface area contributed by atoms with Crippen molar-refractivity contribution in [3.8, 4) is 0 Å². The van der Waals surface area contributed by atoms with Gasteiger partial charge in [0.05, 0.1) is 0 Å². The summed E-state index contributed by atoms with van der Waals surface area (Å²) in [6.07, 6.45) is 5.43. The molecule has 0 aromatic carbocycles. The summed E-state index contributed by atoms with van der Waals surface area (Å²) in [6, 6.07) is 5.90. The van der Waals surface area contributed by atoms with E-state index in [0.717, 1.165) is 30.4 Å². The highest BCUT2D eigenvalue weighted by molar-refractivity contribution is 5.42. The standard InChI is InChI=1S/C14H19N5/c1-4-18(2)13-7-9-16-14(17-13)19(3)11-12-6-5-8-15-10-12/h5-10H,4,11H2,1-3H3. The van der Waals surface area contributed by atoms with Crippen LogP contribution in [0.4, 0.5) is 11.8 Å². The first kappa shape index (κ1) is 13.3. The summed E-state index contributed by atoms with van der Waals surface area (Å²) in [5, 5.41) is 0. The fourth-order valence-corrected chi connectivity index (χ4v) is 1.73. The Morgan fingerprint density at radius 2 is 1.95 bits per heavy atom. The Labute approximate surface area is 113 Å². The third-order valence-corrected chi connectivity index (χ3v) is 2.98. The Kier molecular flexibility index (Phi) is 4.28. The van der Waals surface area contributed by atoms with E-state index in [1.54, 1.807) is 12.4 Å². The molecule has 0 atom stereocenters. The summed E-state index contributed by atoms with van der Waals surface area (Å²) in [6.45, 7) is 3.76. The van der Waals surface area contributed by atoms with Crippen LogP contribution in [0.2, 0.25) is 0 Å². The average molecular weight is 257 g/mol.